The lowest BCUT2D eigenvalue weighted by atomic mass is 9.68. The standard InChI is InChI=1S/C25H36F2O/c1-2-3-4-5-18-6-8-19(9-7-18)20-10-12-21(13-11-20)22-16-24(26)23(14-15-28)25(27)17-22/h2,16-21,28H,1,3-15H2. The van der Waals surface area contributed by atoms with Crippen molar-refractivity contribution in [1.29, 1.82) is 0 Å². The second-order valence-corrected chi connectivity index (χ2v) is 9.05. The summed E-state index contributed by atoms with van der Waals surface area (Å²) in [6.07, 6.45) is 15.8. The zero-order valence-corrected chi connectivity index (χ0v) is 17.1. The summed E-state index contributed by atoms with van der Waals surface area (Å²) in [5.41, 5.74) is 0.825. The number of benzene rings is 1. The van der Waals surface area contributed by atoms with Gasteiger partial charge in [0, 0.05) is 18.6 Å². The number of aliphatic hydroxyl groups is 1. The summed E-state index contributed by atoms with van der Waals surface area (Å²) in [6.45, 7) is 3.59. The maximum atomic E-state index is 14.2. The van der Waals surface area contributed by atoms with E-state index in [4.69, 9.17) is 5.11 Å². The summed E-state index contributed by atoms with van der Waals surface area (Å²) in [5, 5.41) is 8.97. The second kappa shape index (κ2) is 10.5. The van der Waals surface area contributed by atoms with Crippen LogP contribution in [0.25, 0.3) is 0 Å². The lowest BCUT2D eigenvalue weighted by molar-refractivity contribution is 0.156. The maximum Gasteiger partial charge on any atom is 0.129 e. The van der Waals surface area contributed by atoms with Gasteiger partial charge in [-0.25, -0.2) is 8.78 Å². The molecule has 2 aliphatic rings. The number of unbranched alkanes of at least 4 members (excludes halogenated alkanes) is 1. The van der Waals surface area contributed by atoms with Crippen LogP contribution in [0.3, 0.4) is 0 Å². The molecule has 0 bridgehead atoms. The Morgan fingerprint density at radius 1 is 0.929 bits per heavy atom. The zero-order chi connectivity index (χ0) is 19.9. The van der Waals surface area contributed by atoms with Crippen LogP contribution >= 0.6 is 0 Å². The van der Waals surface area contributed by atoms with E-state index in [2.05, 4.69) is 6.58 Å². The smallest absolute Gasteiger partial charge is 0.129 e. The van der Waals surface area contributed by atoms with E-state index in [1.54, 1.807) is 0 Å². The van der Waals surface area contributed by atoms with Gasteiger partial charge in [0.05, 0.1) is 0 Å². The van der Waals surface area contributed by atoms with Gasteiger partial charge in [0.1, 0.15) is 11.6 Å². The van der Waals surface area contributed by atoms with E-state index in [-0.39, 0.29) is 24.5 Å². The number of hydrogen-bond acceptors (Lipinski definition) is 1. The van der Waals surface area contributed by atoms with E-state index < -0.39 is 11.6 Å². The summed E-state index contributed by atoms with van der Waals surface area (Å²) >= 11 is 0. The molecule has 0 spiro atoms. The van der Waals surface area contributed by atoms with Crippen LogP contribution in [0, 0.1) is 29.4 Å². The fraction of sp³-hybridized carbons (Fsp3) is 0.680. The Bertz CT molecular complexity index is 602. The Balaban J connectivity index is 1.48. The zero-order valence-electron chi connectivity index (χ0n) is 17.1. The maximum absolute atomic E-state index is 14.2. The molecule has 1 nitrogen and oxygen atoms in total. The molecule has 2 fully saturated rings. The molecule has 0 atom stereocenters. The minimum absolute atomic E-state index is 0.0183. The van der Waals surface area contributed by atoms with Crippen molar-refractivity contribution in [3.8, 4) is 0 Å². The van der Waals surface area contributed by atoms with Crippen LogP contribution in [0.4, 0.5) is 8.78 Å². The van der Waals surface area contributed by atoms with Crippen molar-refractivity contribution in [3.05, 3.63) is 47.5 Å². The number of allylic oxidation sites excluding steroid dienone is 1. The van der Waals surface area contributed by atoms with Crippen LogP contribution < -0.4 is 0 Å². The largest absolute Gasteiger partial charge is 0.396 e. The predicted molar refractivity (Wildman–Crippen MR) is 111 cm³/mol. The number of halogens is 2. The molecular formula is C25H36F2O. The molecule has 0 unspecified atom stereocenters. The van der Waals surface area contributed by atoms with Gasteiger partial charge in [0.2, 0.25) is 0 Å². The van der Waals surface area contributed by atoms with E-state index in [9.17, 15) is 8.78 Å². The van der Waals surface area contributed by atoms with Gasteiger partial charge in [0.15, 0.2) is 0 Å². The minimum atomic E-state index is -0.499. The van der Waals surface area contributed by atoms with Gasteiger partial charge in [-0.05, 0) is 92.7 Å². The molecule has 3 heteroatoms. The molecule has 0 aromatic heterocycles. The molecule has 3 rings (SSSR count). The lowest BCUT2D eigenvalue weighted by Crippen LogP contribution is -2.25. The van der Waals surface area contributed by atoms with E-state index in [0.29, 0.717) is 0 Å². The molecular weight excluding hydrogens is 354 g/mol. The molecule has 28 heavy (non-hydrogen) atoms. The molecule has 0 aliphatic heterocycles. The third-order valence-electron chi connectivity index (χ3n) is 7.35. The van der Waals surface area contributed by atoms with Crippen molar-refractivity contribution < 1.29 is 13.9 Å². The first-order valence-corrected chi connectivity index (χ1v) is 11.3. The highest BCUT2D eigenvalue weighted by Crippen LogP contribution is 2.44. The third-order valence-corrected chi connectivity index (χ3v) is 7.35. The molecule has 0 saturated heterocycles. The van der Waals surface area contributed by atoms with Gasteiger partial charge in [-0.15, -0.1) is 6.58 Å². The van der Waals surface area contributed by atoms with E-state index >= 15 is 0 Å². The summed E-state index contributed by atoms with van der Waals surface area (Å²) in [7, 11) is 0. The quantitative estimate of drug-likeness (QED) is 0.377. The molecule has 0 heterocycles. The van der Waals surface area contributed by atoms with Gasteiger partial charge in [-0.2, -0.15) is 0 Å². The highest BCUT2D eigenvalue weighted by molar-refractivity contribution is 5.29. The van der Waals surface area contributed by atoms with Crippen LogP contribution in [-0.4, -0.2) is 11.7 Å². The molecule has 2 aliphatic carbocycles. The summed E-state index contributed by atoms with van der Waals surface area (Å²) in [5.74, 6) is 1.85. The third kappa shape index (κ3) is 5.43. The van der Waals surface area contributed by atoms with Crippen LogP contribution in [0.15, 0.2) is 24.8 Å². The van der Waals surface area contributed by atoms with Gasteiger partial charge >= 0.3 is 0 Å². The molecule has 156 valence electrons. The monoisotopic (exact) mass is 390 g/mol. The average molecular weight is 391 g/mol. The lowest BCUT2D eigenvalue weighted by Gasteiger charge is -2.38. The normalized spacial score (nSPS) is 28.2. The molecule has 0 amide bonds. The van der Waals surface area contributed by atoms with Crippen molar-refractivity contribution in [2.45, 2.75) is 83.0 Å². The summed E-state index contributed by atoms with van der Waals surface area (Å²) in [6, 6.07) is 3.01. The Labute approximate surface area is 169 Å². The Morgan fingerprint density at radius 3 is 2.04 bits per heavy atom. The number of rotatable bonds is 8. The fourth-order valence-corrected chi connectivity index (χ4v) is 5.63. The first-order chi connectivity index (χ1) is 13.6. The van der Waals surface area contributed by atoms with Crippen molar-refractivity contribution >= 4 is 0 Å². The average Bonchev–Trinajstić information content (AvgIpc) is 2.71. The van der Waals surface area contributed by atoms with Crippen molar-refractivity contribution in [2.75, 3.05) is 6.61 Å². The SMILES string of the molecule is C=CCCCC1CCC(C2CCC(c3cc(F)c(CCO)c(F)c3)CC2)CC1. The summed E-state index contributed by atoms with van der Waals surface area (Å²) in [4.78, 5) is 0. The van der Waals surface area contributed by atoms with E-state index in [1.165, 1.54) is 63.5 Å². The second-order valence-electron chi connectivity index (χ2n) is 9.05. The topological polar surface area (TPSA) is 20.2 Å². The van der Waals surface area contributed by atoms with Gasteiger partial charge in [-0.1, -0.05) is 25.3 Å². The molecule has 0 radical (unpaired) electrons. The number of aliphatic hydroxyl groups excluding tert-OH is 1. The van der Waals surface area contributed by atoms with Crippen LogP contribution in [0.2, 0.25) is 0 Å². The first kappa shape index (κ1) is 21.5. The molecule has 2 saturated carbocycles. The van der Waals surface area contributed by atoms with E-state index in [1.807, 2.05) is 6.08 Å². The van der Waals surface area contributed by atoms with Gasteiger partial charge < -0.3 is 5.11 Å². The Hall–Kier alpha value is -1.22. The highest BCUT2D eigenvalue weighted by atomic mass is 19.1. The van der Waals surface area contributed by atoms with E-state index in [0.717, 1.165) is 42.6 Å². The minimum Gasteiger partial charge on any atom is -0.396 e. The van der Waals surface area contributed by atoms with Crippen molar-refractivity contribution in [3.63, 3.8) is 0 Å². The van der Waals surface area contributed by atoms with Crippen LogP contribution in [-0.2, 0) is 6.42 Å². The molecule has 1 N–H and O–H groups in total. The first-order valence-electron chi connectivity index (χ1n) is 11.3. The van der Waals surface area contributed by atoms with Gasteiger partial charge in [0.25, 0.3) is 0 Å². The Kier molecular flexibility index (Phi) is 8.08. The molecule has 1 aromatic rings. The van der Waals surface area contributed by atoms with Crippen molar-refractivity contribution in [2.24, 2.45) is 17.8 Å². The van der Waals surface area contributed by atoms with Gasteiger partial charge in [-0.3, -0.25) is 0 Å². The highest BCUT2D eigenvalue weighted by Gasteiger charge is 2.31. The van der Waals surface area contributed by atoms with Crippen molar-refractivity contribution in [1.82, 2.24) is 0 Å². The Morgan fingerprint density at radius 2 is 1.50 bits per heavy atom. The van der Waals surface area contributed by atoms with Crippen LogP contribution in [0.1, 0.15) is 87.7 Å². The predicted octanol–water partition coefficient (Wildman–Crippen LogP) is 6.94. The fourth-order valence-electron chi connectivity index (χ4n) is 5.63. The number of hydrogen-bond donors (Lipinski definition) is 1. The summed E-state index contributed by atoms with van der Waals surface area (Å²) < 4.78 is 28.4. The van der Waals surface area contributed by atoms with Crippen LogP contribution in [0.5, 0.6) is 0 Å². The molecule has 1 aromatic carbocycles.